The van der Waals surface area contributed by atoms with Gasteiger partial charge in [-0.05, 0) is 76.0 Å². The van der Waals surface area contributed by atoms with Crippen molar-refractivity contribution in [2.45, 2.75) is 108 Å². The van der Waals surface area contributed by atoms with E-state index in [1.165, 1.54) is 11.1 Å². The van der Waals surface area contributed by atoms with Crippen LogP contribution < -0.4 is 9.47 Å². The zero-order valence-electron chi connectivity index (χ0n) is 26.7. The van der Waals surface area contributed by atoms with Crippen LogP contribution in [0.3, 0.4) is 0 Å². The Morgan fingerprint density at radius 3 is 2.57 bits per heavy atom. The number of benzene rings is 2. The fourth-order valence-corrected chi connectivity index (χ4v) is 9.03. The topological polar surface area (TPSA) is 76.2 Å². The first kappa shape index (κ1) is 30.8. The predicted octanol–water partition coefficient (Wildman–Crippen LogP) is 6.15. The zero-order valence-corrected chi connectivity index (χ0v) is 26.7. The molecule has 2 heterocycles. The van der Waals surface area contributed by atoms with Crippen LogP contribution in [0, 0.1) is 5.92 Å². The highest BCUT2D eigenvalue weighted by molar-refractivity contribution is 5.96. The minimum atomic E-state index is -0.177. The lowest BCUT2D eigenvalue weighted by Gasteiger charge is -2.60. The number of likely N-dealkylation sites (tertiary alicyclic amines) is 1. The molecule has 2 aromatic carbocycles. The van der Waals surface area contributed by atoms with E-state index in [1.807, 2.05) is 36.4 Å². The molecule has 2 aliphatic carbocycles. The molecule has 1 amide bonds. The van der Waals surface area contributed by atoms with Gasteiger partial charge in [0.05, 0.1) is 19.7 Å². The second kappa shape index (κ2) is 13.0. The Morgan fingerprint density at radius 2 is 1.82 bits per heavy atom. The molecular weight excluding hydrogens is 552 g/mol. The van der Waals surface area contributed by atoms with Gasteiger partial charge in [-0.25, -0.2) is 0 Å². The van der Waals surface area contributed by atoms with Gasteiger partial charge in [-0.1, -0.05) is 56.2 Å². The van der Waals surface area contributed by atoms with Crippen molar-refractivity contribution in [1.29, 1.82) is 0 Å². The smallest absolute Gasteiger partial charge is 0.222 e. The summed E-state index contributed by atoms with van der Waals surface area (Å²) in [5.41, 5.74) is 3.19. The monoisotopic (exact) mass is 600 g/mol. The largest absolute Gasteiger partial charge is 0.493 e. The number of hydrogen-bond donors (Lipinski definition) is 0. The number of ether oxygens (including phenoxy) is 2. The van der Waals surface area contributed by atoms with Crippen LogP contribution in [-0.4, -0.2) is 72.2 Å². The van der Waals surface area contributed by atoms with E-state index in [4.69, 9.17) is 9.47 Å². The molecule has 0 aromatic heterocycles. The number of hydrogen-bond acceptors (Lipinski definition) is 6. The molecule has 2 bridgehead atoms. The molecule has 1 spiro atoms. The van der Waals surface area contributed by atoms with Crippen molar-refractivity contribution in [2.75, 3.05) is 26.7 Å². The molecule has 44 heavy (non-hydrogen) atoms. The second-order valence-corrected chi connectivity index (χ2v) is 13.4. The van der Waals surface area contributed by atoms with Gasteiger partial charge < -0.3 is 14.4 Å². The van der Waals surface area contributed by atoms with Gasteiger partial charge in [0.15, 0.2) is 17.3 Å². The Bertz CT molecular complexity index is 1380. The van der Waals surface area contributed by atoms with E-state index in [-0.39, 0.29) is 35.0 Å². The van der Waals surface area contributed by atoms with E-state index in [9.17, 15) is 14.4 Å². The summed E-state index contributed by atoms with van der Waals surface area (Å²) in [7, 11) is 1.71. The predicted molar refractivity (Wildman–Crippen MR) is 170 cm³/mol. The van der Waals surface area contributed by atoms with Gasteiger partial charge in [-0.3, -0.25) is 19.3 Å². The molecule has 1 saturated heterocycles. The molecule has 0 unspecified atom stereocenters. The maximum absolute atomic E-state index is 14.1. The molecule has 7 heteroatoms. The third kappa shape index (κ3) is 5.46. The second-order valence-electron chi connectivity index (χ2n) is 13.4. The van der Waals surface area contributed by atoms with Gasteiger partial charge in [0.1, 0.15) is 11.9 Å². The zero-order chi connectivity index (χ0) is 30.8. The standard InChI is InChI=1S/C37H48N2O5/c1-4-5-11-21-39(33(42)15-10-9-14-31(41)26-12-7-6-8-13-26)29-18-17-28-30-23-27-16-19-32(43-3)35-34(27)37(28,36(29)44-35)20-22-38(30)24-25(2)40/h6-8,12-13,16,19,28-30,36H,4-5,9-11,14-15,17-18,20-24H2,1-3H3/t28-,29-,30+,36-,37-/m0/s1. The molecule has 0 N–H and O–H groups in total. The average Bonchev–Trinajstić information content (AvgIpc) is 3.38. The maximum atomic E-state index is 14.1. The number of methoxy groups -OCH3 is 1. The molecule has 0 radical (unpaired) electrons. The first-order chi connectivity index (χ1) is 21.4. The Kier molecular flexibility index (Phi) is 9.13. The number of amides is 1. The molecular formula is C37H48N2O5. The quantitative estimate of drug-likeness (QED) is 0.191. The van der Waals surface area contributed by atoms with Crippen LogP contribution in [0.15, 0.2) is 42.5 Å². The molecule has 2 aliphatic heterocycles. The van der Waals surface area contributed by atoms with Crippen LogP contribution in [0.5, 0.6) is 11.5 Å². The van der Waals surface area contributed by atoms with Gasteiger partial charge in [0.25, 0.3) is 0 Å². The van der Waals surface area contributed by atoms with E-state index >= 15 is 0 Å². The summed E-state index contributed by atoms with van der Waals surface area (Å²) in [4.78, 5) is 43.5. The van der Waals surface area contributed by atoms with Crippen LogP contribution in [-0.2, 0) is 21.4 Å². The number of unbranched alkanes of at least 4 members (excludes halogenated alkanes) is 3. The van der Waals surface area contributed by atoms with Crippen LogP contribution in [0.2, 0.25) is 0 Å². The SMILES string of the molecule is CCCCCN(C(=O)CCCCC(=O)c1ccccc1)[C@H]1CC[C@H]2[C@H]3Cc4ccc(OC)c5c4[C@@]2(CCN3CC(C)=O)[C@H]1O5. The summed E-state index contributed by atoms with van der Waals surface area (Å²) < 4.78 is 12.9. The highest BCUT2D eigenvalue weighted by atomic mass is 16.5. The van der Waals surface area contributed by atoms with Gasteiger partial charge in [-0.2, -0.15) is 0 Å². The Labute approximate surface area is 262 Å². The minimum absolute atomic E-state index is 0.00961. The number of carbonyl (C=O) groups excluding carboxylic acids is 3. The lowest BCUT2D eigenvalue weighted by molar-refractivity contribution is -0.143. The Hall–Kier alpha value is -3.19. The summed E-state index contributed by atoms with van der Waals surface area (Å²) >= 11 is 0. The van der Waals surface area contributed by atoms with Crippen LogP contribution in [0.1, 0.15) is 99.5 Å². The first-order valence-electron chi connectivity index (χ1n) is 16.9. The van der Waals surface area contributed by atoms with Crippen LogP contribution >= 0.6 is 0 Å². The summed E-state index contributed by atoms with van der Waals surface area (Å²) in [6.07, 6.45) is 9.12. The fraction of sp³-hybridized carbons (Fsp3) is 0.595. The average molecular weight is 601 g/mol. The van der Waals surface area contributed by atoms with E-state index in [0.717, 1.165) is 75.1 Å². The maximum Gasteiger partial charge on any atom is 0.222 e. The van der Waals surface area contributed by atoms with Gasteiger partial charge in [0, 0.05) is 42.0 Å². The van der Waals surface area contributed by atoms with E-state index in [1.54, 1.807) is 14.0 Å². The van der Waals surface area contributed by atoms with Crippen molar-refractivity contribution in [3.05, 3.63) is 59.2 Å². The number of ketones is 2. The van der Waals surface area contributed by atoms with Crippen LogP contribution in [0.25, 0.3) is 0 Å². The number of Topliss-reactive ketones (excluding diaryl/α,β-unsaturated/α-hetero) is 2. The Balaban J connectivity index is 1.25. The third-order valence-corrected chi connectivity index (χ3v) is 10.9. The minimum Gasteiger partial charge on any atom is -0.493 e. The number of nitrogens with zero attached hydrogens (tertiary/aromatic N) is 2. The number of piperidine rings is 1. The molecule has 2 fully saturated rings. The van der Waals surface area contributed by atoms with Crippen molar-refractivity contribution >= 4 is 17.5 Å². The van der Waals surface area contributed by atoms with Crippen molar-refractivity contribution in [1.82, 2.24) is 9.80 Å². The van der Waals surface area contributed by atoms with Crippen LogP contribution in [0.4, 0.5) is 0 Å². The Morgan fingerprint density at radius 1 is 1.02 bits per heavy atom. The number of carbonyl (C=O) groups is 3. The summed E-state index contributed by atoms with van der Waals surface area (Å²) in [5, 5.41) is 0. The summed E-state index contributed by atoms with van der Waals surface area (Å²) in [6, 6.07) is 14.0. The molecule has 236 valence electrons. The van der Waals surface area contributed by atoms with E-state index in [2.05, 4.69) is 22.8 Å². The van der Waals surface area contributed by atoms with E-state index in [0.29, 0.717) is 44.2 Å². The molecule has 5 atom stereocenters. The highest BCUT2D eigenvalue weighted by Gasteiger charge is 2.66. The number of rotatable bonds is 14. The normalized spacial score (nSPS) is 26.4. The summed E-state index contributed by atoms with van der Waals surface area (Å²) in [5.74, 6) is 2.58. The fourth-order valence-electron chi connectivity index (χ4n) is 9.03. The molecule has 1 saturated carbocycles. The van der Waals surface area contributed by atoms with Crippen molar-refractivity contribution < 1.29 is 23.9 Å². The first-order valence-corrected chi connectivity index (χ1v) is 16.9. The highest BCUT2D eigenvalue weighted by Crippen LogP contribution is 2.64. The molecule has 2 aromatic rings. The lowest BCUT2D eigenvalue weighted by Crippen LogP contribution is -2.69. The summed E-state index contributed by atoms with van der Waals surface area (Å²) in [6.45, 7) is 5.99. The third-order valence-electron chi connectivity index (χ3n) is 10.9. The molecule has 4 aliphatic rings. The lowest BCUT2D eigenvalue weighted by atomic mass is 9.51. The van der Waals surface area contributed by atoms with Crippen molar-refractivity contribution in [3.8, 4) is 11.5 Å². The van der Waals surface area contributed by atoms with Crippen molar-refractivity contribution in [2.24, 2.45) is 5.92 Å². The van der Waals surface area contributed by atoms with E-state index < -0.39 is 0 Å². The van der Waals surface area contributed by atoms with Gasteiger partial charge >= 0.3 is 0 Å². The van der Waals surface area contributed by atoms with Gasteiger partial charge in [0.2, 0.25) is 5.91 Å². The van der Waals surface area contributed by atoms with Gasteiger partial charge in [-0.15, -0.1) is 0 Å². The van der Waals surface area contributed by atoms with Crippen molar-refractivity contribution in [3.63, 3.8) is 0 Å². The molecule has 6 rings (SSSR count). The molecule has 7 nitrogen and oxygen atoms in total.